The van der Waals surface area contributed by atoms with Crippen LogP contribution >= 0.6 is 11.6 Å². The van der Waals surface area contributed by atoms with E-state index in [0.717, 1.165) is 28.6 Å². The maximum Gasteiger partial charge on any atom is 0.140 e. The first-order valence-electron chi connectivity index (χ1n) is 5.70. The van der Waals surface area contributed by atoms with Crippen molar-refractivity contribution < 1.29 is 0 Å². The molecule has 4 heteroatoms. The first-order chi connectivity index (χ1) is 8.13. The topological polar surface area (TPSA) is 43.8 Å². The number of rotatable bonds is 3. The number of benzene rings is 1. The fourth-order valence-electron chi connectivity index (χ4n) is 1.91. The van der Waals surface area contributed by atoms with Gasteiger partial charge in [0.15, 0.2) is 0 Å². The minimum atomic E-state index is -0.0106. The van der Waals surface area contributed by atoms with Crippen molar-refractivity contribution in [2.45, 2.75) is 26.4 Å². The van der Waals surface area contributed by atoms with Gasteiger partial charge >= 0.3 is 0 Å². The molecule has 0 aliphatic rings. The number of imidazole rings is 1. The summed E-state index contributed by atoms with van der Waals surface area (Å²) in [5, 5.41) is 0.732. The lowest BCUT2D eigenvalue weighted by atomic mass is 10.2. The first-order valence-corrected chi connectivity index (χ1v) is 6.08. The Bertz CT molecular complexity index is 500. The number of nitrogens with two attached hydrogens (primary N) is 1. The molecular formula is C13H16ClN3. The third kappa shape index (κ3) is 2.35. The summed E-state index contributed by atoms with van der Waals surface area (Å²) in [6.45, 7) is 4.91. The molecular weight excluding hydrogens is 234 g/mol. The molecule has 0 saturated heterocycles. The average molecular weight is 250 g/mol. The Morgan fingerprint density at radius 2 is 2.00 bits per heavy atom. The van der Waals surface area contributed by atoms with E-state index in [2.05, 4.69) is 16.5 Å². The molecule has 3 nitrogen and oxygen atoms in total. The Morgan fingerprint density at radius 1 is 1.35 bits per heavy atom. The second-order valence-electron chi connectivity index (χ2n) is 4.05. The Kier molecular flexibility index (Phi) is 3.50. The van der Waals surface area contributed by atoms with Gasteiger partial charge in [0.2, 0.25) is 0 Å². The molecule has 1 atom stereocenters. The molecule has 1 unspecified atom stereocenters. The highest BCUT2D eigenvalue weighted by molar-refractivity contribution is 6.30. The lowest BCUT2D eigenvalue weighted by molar-refractivity contribution is 0.662. The number of hydrogen-bond donors (Lipinski definition) is 1. The average Bonchev–Trinajstić information content (AvgIpc) is 2.73. The Hall–Kier alpha value is -1.32. The fraction of sp³-hybridized carbons (Fsp3) is 0.308. The Morgan fingerprint density at radius 3 is 2.53 bits per heavy atom. The lowest BCUT2D eigenvalue weighted by Gasteiger charge is -2.11. The molecule has 0 aliphatic carbocycles. The zero-order chi connectivity index (χ0) is 12.4. The Labute approximate surface area is 106 Å². The van der Waals surface area contributed by atoms with Gasteiger partial charge in [-0.25, -0.2) is 4.98 Å². The van der Waals surface area contributed by atoms with Gasteiger partial charge in [0, 0.05) is 23.2 Å². The van der Waals surface area contributed by atoms with E-state index < -0.39 is 0 Å². The summed E-state index contributed by atoms with van der Waals surface area (Å²) in [4.78, 5) is 4.45. The van der Waals surface area contributed by atoms with Crippen LogP contribution in [0.5, 0.6) is 0 Å². The monoisotopic (exact) mass is 249 g/mol. The maximum absolute atomic E-state index is 5.92. The zero-order valence-corrected chi connectivity index (χ0v) is 10.8. The van der Waals surface area contributed by atoms with E-state index in [-0.39, 0.29) is 6.04 Å². The van der Waals surface area contributed by atoms with Gasteiger partial charge in [-0.1, -0.05) is 11.6 Å². The van der Waals surface area contributed by atoms with Gasteiger partial charge in [0.25, 0.3) is 0 Å². The van der Waals surface area contributed by atoms with Crippen molar-refractivity contribution in [3.63, 3.8) is 0 Å². The molecule has 90 valence electrons. The van der Waals surface area contributed by atoms with Gasteiger partial charge in [0.1, 0.15) is 5.82 Å². The molecule has 1 heterocycles. The minimum Gasteiger partial charge on any atom is -0.327 e. The standard InChI is InChI=1S/C13H16ClN3/c1-3-17-12(9(2)15)8-16-13(17)10-4-6-11(14)7-5-10/h4-9H,3,15H2,1-2H3. The van der Waals surface area contributed by atoms with Crippen molar-refractivity contribution in [1.82, 2.24) is 9.55 Å². The predicted octanol–water partition coefficient (Wildman–Crippen LogP) is 3.24. The van der Waals surface area contributed by atoms with Gasteiger partial charge in [-0.15, -0.1) is 0 Å². The highest BCUT2D eigenvalue weighted by Crippen LogP contribution is 2.23. The highest BCUT2D eigenvalue weighted by Gasteiger charge is 2.12. The van der Waals surface area contributed by atoms with Crippen LogP contribution in [0.15, 0.2) is 30.5 Å². The van der Waals surface area contributed by atoms with Crippen LogP contribution < -0.4 is 5.73 Å². The van der Waals surface area contributed by atoms with E-state index in [1.807, 2.05) is 37.4 Å². The smallest absolute Gasteiger partial charge is 0.140 e. The summed E-state index contributed by atoms with van der Waals surface area (Å²) in [6.07, 6.45) is 1.85. The van der Waals surface area contributed by atoms with E-state index in [0.29, 0.717) is 0 Å². The molecule has 0 bridgehead atoms. The Balaban J connectivity index is 2.48. The maximum atomic E-state index is 5.92. The summed E-state index contributed by atoms with van der Waals surface area (Å²) >= 11 is 5.88. The van der Waals surface area contributed by atoms with Crippen molar-refractivity contribution >= 4 is 11.6 Å². The lowest BCUT2D eigenvalue weighted by Crippen LogP contribution is -2.12. The molecule has 0 saturated carbocycles. The van der Waals surface area contributed by atoms with E-state index in [9.17, 15) is 0 Å². The van der Waals surface area contributed by atoms with Gasteiger partial charge in [-0.2, -0.15) is 0 Å². The van der Waals surface area contributed by atoms with Crippen LogP contribution in [0.2, 0.25) is 5.02 Å². The summed E-state index contributed by atoms with van der Waals surface area (Å²) in [6, 6.07) is 7.68. The van der Waals surface area contributed by atoms with E-state index in [1.165, 1.54) is 0 Å². The van der Waals surface area contributed by atoms with Crippen LogP contribution in [-0.4, -0.2) is 9.55 Å². The number of halogens is 1. The van der Waals surface area contributed by atoms with Crippen molar-refractivity contribution in [3.05, 3.63) is 41.2 Å². The third-order valence-corrected chi connectivity index (χ3v) is 3.02. The van der Waals surface area contributed by atoms with Crippen LogP contribution in [0.25, 0.3) is 11.4 Å². The number of aromatic nitrogens is 2. The summed E-state index contributed by atoms with van der Waals surface area (Å²) < 4.78 is 2.13. The van der Waals surface area contributed by atoms with E-state index in [1.54, 1.807) is 0 Å². The van der Waals surface area contributed by atoms with Crippen LogP contribution in [0, 0.1) is 0 Å². The van der Waals surface area contributed by atoms with E-state index in [4.69, 9.17) is 17.3 Å². The minimum absolute atomic E-state index is 0.0106. The molecule has 1 aromatic heterocycles. The number of nitrogens with zero attached hydrogens (tertiary/aromatic N) is 2. The molecule has 1 aromatic carbocycles. The van der Waals surface area contributed by atoms with Crippen LogP contribution in [0.3, 0.4) is 0 Å². The predicted molar refractivity (Wildman–Crippen MR) is 70.9 cm³/mol. The van der Waals surface area contributed by atoms with Crippen LogP contribution in [0.4, 0.5) is 0 Å². The molecule has 0 fully saturated rings. The normalized spacial score (nSPS) is 12.7. The largest absolute Gasteiger partial charge is 0.327 e. The molecule has 0 spiro atoms. The van der Waals surface area contributed by atoms with Crippen molar-refractivity contribution in [3.8, 4) is 11.4 Å². The van der Waals surface area contributed by atoms with Gasteiger partial charge < -0.3 is 10.3 Å². The van der Waals surface area contributed by atoms with Gasteiger partial charge in [-0.05, 0) is 38.1 Å². The van der Waals surface area contributed by atoms with Crippen molar-refractivity contribution in [2.24, 2.45) is 5.73 Å². The molecule has 0 radical (unpaired) electrons. The molecule has 2 N–H and O–H groups in total. The summed E-state index contributed by atoms with van der Waals surface area (Å²) in [5.74, 6) is 0.941. The fourth-order valence-corrected chi connectivity index (χ4v) is 2.04. The molecule has 0 aliphatic heterocycles. The quantitative estimate of drug-likeness (QED) is 0.908. The van der Waals surface area contributed by atoms with Gasteiger partial charge in [-0.3, -0.25) is 0 Å². The summed E-state index contributed by atoms with van der Waals surface area (Å²) in [5.41, 5.74) is 8.04. The number of hydrogen-bond acceptors (Lipinski definition) is 2. The molecule has 17 heavy (non-hydrogen) atoms. The van der Waals surface area contributed by atoms with Gasteiger partial charge in [0.05, 0.1) is 11.9 Å². The van der Waals surface area contributed by atoms with Crippen LogP contribution in [-0.2, 0) is 6.54 Å². The first kappa shape index (κ1) is 12.1. The van der Waals surface area contributed by atoms with Crippen LogP contribution in [0.1, 0.15) is 25.6 Å². The summed E-state index contributed by atoms with van der Waals surface area (Å²) in [7, 11) is 0. The molecule has 2 aromatic rings. The second-order valence-corrected chi connectivity index (χ2v) is 4.48. The van der Waals surface area contributed by atoms with E-state index >= 15 is 0 Å². The molecule has 2 rings (SSSR count). The van der Waals surface area contributed by atoms with Crippen molar-refractivity contribution in [1.29, 1.82) is 0 Å². The third-order valence-electron chi connectivity index (χ3n) is 2.77. The molecule has 0 amide bonds. The highest BCUT2D eigenvalue weighted by atomic mass is 35.5. The second kappa shape index (κ2) is 4.90. The zero-order valence-electron chi connectivity index (χ0n) is 10.0. The van der Waals surface area contributed by atoms with Crippen molar-refractivity contribution in [2.75, 3.05) is 0 Å². The SMILES string of the molecule is CCn1c(C(C)N)cnc1-c1ccc(Cl)cc1.